The number of carbonyl (C=O) groups is 3. The molecule has 8 heteroatoms. The van der Waals surface area contributed by atoms with Gasteiger partial charge in [0.2, 0.25) is 17.7 Å². The summed E-state index contributed by atoms with van der Waals surface area (Å²) in [6.07, 6.45) is 9.92. The van der Waals surface area contributed by atoms with E-state index in [0.29, 0.717) is 19.6 Å². The van der Waals surface area contributed by atoms with Gasteiger partial charge in [0.05, 0.1) is 29.2 Å². The molecule has 2 aromatic rings. The van der Waals surface area contributed by atoms with Gasteiger partial charge in [-0.3, -0.25) is 14.4 Å². The predicted molar refractivity (Wildman–Crippen MR) is 157 cm³/mol. The standard InChI is InChI=1S/C32H35N3O4S/c1-2-3-18-33-19-11-17-32-27(26-25(40-32)16-10-20-34(29(26)37)23-14-8-5-9-15-23)30(38)35(28(32)31(33)39)24(21-36)22-12-6-4-7-13-22/h4-17,24-28,36H,2-3,18-21H2,1H3/t24-,25+,26-,27+,28?,32+/m1/s1. The normalized spacial score (nSPS) is 30.1. The fraction of sp³-hybridized carbons (Fsp3) is 0.406. The van der Waals surface area contributed by atoms with E-state index in [1.807, 2.05) is 83.8 Å². The Kier molecular flexibility index (Phi) is 7.31. The molecule has 1 N–H and O–H groups in total. The van der Waals surface area contributed by atoms with Gasteiger partial charge < -0.3 is 19.8 Å². The highest BCUT2D eigenvalue weighted by atomic mass is 32.2. The lowest BCUT2D eigenvalue weighted by Crippen LogP contribution is -2.54. The number of hydrogen-bond acceptors (Lipinski definition) is 5. The quantitative estimate of drug-likeness (QED) is 0.524. The molecule has 3 amide bonds. The lowest BCUT2D eigenvalue weighted by molar-refractivity contribution is -0.145. The van der Waals surface area contributed by atoms with Gasteiger partial charge in [-0.1, -0.05) is 86.2 Å². The zero-order valence-corrected chi connectivity index (χ0v) is 23.5. The number of aliphatic hydroxyl groups excluding tert-OH is 1. The molecule has 0 aromatic heterocycles. The van der Waals surface area contributed by atoms with Crippen molar-refractivity contribution in [1.29, 1.82) is 0 Å². The first-order chi connectivity index (χ1) is 19.5. The number of aliphatic hydroxyl groups is 1. The summed E-state index contributed by atoms with van der Waals surface area (Å²) in [5.74, 6) is -1.79. The van der Waals surface area contributed by atoms with Crippen LogP contribution in [0.5, 0.6) is 0 Å². The Balaban J connectivity index is 1.47. The van der Waals surface area contributed by atoms with Gasteiger partial charge in [-0.05, 0) is 24.1 Å². The van der Waals surface area contributed by atoms with Crippen LogP contribution in [0.3, 0.4) is 0 Å². The minimum atomic E-state index is -0.910. The van der Waals surface area contributed by atoms with E-state index >= 15 is 0 Å². The van der Waals surface area contributed by atoms with Crippen molar-refractivity contribution in [3.63, 3.8) is 0 Å². The second-order valence-corrected chi connectivity index (χ2v) is 12.4. The molecular formula is C32H35N3O4S. The SMILES string of the molecule is CCCCN1CC=C[C@]23S[C@H]4C=CCN(c5ccccc5)C(=O)[C@H]4[C@H]2C(=O)N([C@H](CO)c2ccccc2)C3C1=O. The van der Waals surface area contributed by atoms with Crippen molar-refractivity contribution in [2.24, 2.45) is 11.8 Å². The molecule has 40 heavy (non-hydrogen) atoms. The Bertz CT molecular complexity index is 1330. The van der Waals surface area contributed by atoms with E-state index in [2.05, 4.69) is 13.0 Å². The van der Waals surface area contributed by atoms with Crippen molar-refractivity contribution in [2.45, 2.75) is 41.8 Å². The number of anilines is 1. The van der Waals surface area contributed by atoms with Crippen LogP contribution in [0.4, 0.5) is 5.69 Å². The predicted octanol–water partition coefficient (Wildman–Crippen LogP) is 3.82. The number of benzene rings is 2. The zero-order chi connectivity index (χ0) is 27.9. The van der Waals surface area contributed by atoms with Crippen molar-refractivity contribution in [2.75, 3.05) is 31.1 Å². The summed E-state index contributed by atoms with van der Waals surface area (Å²) in [5, 5.41) is 10.4. The second-order valence-electron chi connectivity index (χ2n) is 10.9. The molecule has 0 aliphatic carbocycles. The number of thioether (sulfide) groups is 1. The number of hydrogen-bond donors (Lipinski definition) is 1. The Hall–Kier alpha value is -3.36. The molecule has 6 rings (SSSR count). The topological polar surface area (TPSA) is 81.2 Å². The molecule has 0 radical (unpaired) electrons. The lowest BCUT2D eigenvalue weighted by atomic mass is 9.78. The van der Waals surface area contributed by atoms with Gasteiger partial charge in [0, 0.05) is 30.6 Å². The van der Waals surface area contributed by atoms with E-state index < -0.39 is 28.7 Å². The molecule has 1 spiro atoms. The first-order valence-electron chi connectivity index (χ1n) is 14.2. The summed E-state index contributed by atoms with van der Waals surface area (Å²) in [6, 6.07) is 17.4. The summed E-state index contributed by atoms with van der Waals surface area (Å²) in [7, 11) is 0. The van der Waals surface area contributed by atoms with Gasteiger partial charge in [-0.25, -0.2) is 0 Å². The van der Waals surface area contributed by atoms with Crippen molar-refractivity contribution in [3.8, 4) is 0 Å². The molecule has 2 aromatic carbocycles. The van der Waals surface area contributed by atoms with Crippen molar-refractivity contribution in [1.82, 2.24) is 9.80 Å². The largest absolute Gasteiger partial charge is 0.394 e. The Morgan fingerprint density at radius 2 is 1.68 bits per heavy atom. The fourth-order valence-corrected chi connectivity index (χ4v) is 8.87. The van der Waals surface area contributed by atoms with Crippen LogP contribution < -0.4 is 4.90 Å². The second kappa shape index (κ2) is 10.9. The van der Waals surface area contributed by atoms with Crippen molar-refractivity contribution < 1.29 is 19.5 Å². The van der Waals surface area contributed by atoms with Crippen LogP contribution in [0.1, 0.15) is 31.4 Å². The third-order valence-corrected chi connectivity index (χ3v) is 10.5. The van der Waals surface area contributed by atoms with E-state index in [4.69, 9.17) is 0 Å². The molecular weight excluding hydrogens is 522 g/mol. The molecule has 0 saturated carbocycles. The zero-order valence-electron chi connectivity index (χ0n) is 22.6. The number of unbranched alkanes of at least 4 members (excludes halogenated alkanes) is 1. The molecule has 0 bridgehead atoms. The molecule has 1 unspecified atom stereocenters. The third kappa shape index (κ3) is 4.20. The summed E-state index contributed by atoms with van der Waals surface area (Å²) in [5.41, 5.74) is 1.56. The van der Waals surface area contributed by atoms with Gasteiger partial charge in [0.25, 0.3) is 0 Å². The summed E-state index contributed by atoms with van der Waals surface area (Å²) >= 11 is 1.57. The minimum absolute atomic E-state index is 0.0993. The van der Waals surface area contributed by atoms with E-state index in [-0.39, 0.29) is 29.6 Å². The lowest BCUT2D eigenvalue weighted by Gasteiger charge is -2.38. The summed E-state index contributed by atoms with van der Waals surface area (Å²) in [4.78, 5) is 48.6. The van der Waals surface area contributed by atoms with Crippen LogP contribution in [0.2, 0.25) is 0 Å². The number of rotatable bonds is 7. The molecule has 4 aliphatic rings. The number of likely N-dealkylation sites (tertiary alicyclic amines) is 1. The molecule has 7 nitrogen and oxygen atoms in total. The number of carbonyl (C=O) groups excluding carboxylic acids is 3. The van der Waals surface area contributed by atoms with Gasteiger partial charge in [0.15, 0.2) is 0 Å². The first kappa shape index (κ1) is 26.8. The average molecular weight is 558 g/mol. The fourth-order valence-electron chi connectivity index (χ4n) is 6.88. The van der Waals surface area contributed by atoms with Gasteiger partial charge in [-0.2, -0.15) is 0 Å². The smallest absolute Gasteiger partial charge is 0.247 e. The van der Waals surface area contributed by atoms with Crippen LogP contribution >= 0.6 is 11.8 Å². The van der Waals surface area contributed by atoms with Crippen molar-refractivity contribution in [3.05, 3.63) is 90.5 Å². The van der Waals surface area contributed by atoms with E-state index in [0.717, 1.165) is 24.1 Å². The molecule has 4 heterocycles. The molecule has 2 fully saturated rings. The Morgan fingerprint density at radius 3 is 2.38 bits per heavy atom. The average Bonchev–Trinajstić information content (AvgIpc) is 3.30. The van der Waals surface area contributed by atoms with Crippen molar-refractivity contribution >= 4 is 35.2 Å². The number of amides is 3. The van der Waals surface area contributed by atoms with Gasteiger partial charge in [0.1, 0.15) is 6.04 Å². The van der Waals surface area contributed by atoms with E-state index in [1.165, 1.54) is 0 Å². The minimum Gasteiger partial charge on any atom is -0.394 e. The first-order valence-corrected chi connectivity index (χ1v) is 15.0. The molecule has 6 atom stereocenters. The van der Waals surface area contributed by atoms with Gasteiger partial charge >= 0.3 is 0 Å². The van der Waals surface area contributed by atoms with E-state index in [1.54, 1.807) is 21.6 Å². The maximum atomic E-state index is 14.7. The Morgan fingerprint density at radius 1 is 0.950 bits per heavy atom. The highest BCUT2D eigenvalue weighted by Gasteiger charge is 2.71. The van der Waals surface area contributed by atoms with Crippen LogP contribution in [0.25, 0.3) is 0 Å². The number of para-hydroxylation sites is 1. The summed E-state index contributed by atoms with van der Waals surface area (Å²) < 4.78 is -0.910. The third-order valence-electron chi connectivity index (χ3n) is 8.72. The molecule has 208 valence electrons. The maximum absolute atomic E-state index is 14.7. The monoisotopic (exact) mass is 557 g/mol. The van der Waals surface area contributed by atoms with Crippen LogP contribution in [0.15, 0.2) is 85.0 Å². The maximum Gasteiger partial charge on any atom is 0.247 e. The van der Waals surface area contributed by atoms with Crippen LogP contribution in [-0.4, -0.2) is 74.9 Å². The highest BCUT2D eigenvalue weighted by Crippen LogP contribution is 2.62. The Labute approximate surface area is 239 Å². The van der Waals surface area contributed by atoms with Crippen LogP contribution in [-0.2, 0) is 14.4 Å². The van der Waals surface area contributed by atoms with E-state index in [9.17, 15) is 19.5 Å². The summed E-state index contributed by atoms with van der Waals surface area (Å²) in [6.45, 7) is 3.28. The van der Waals surface area contributed by atoms with Gasteiger partial charge in [-0.15, -0.1) is 11.8 Å². The number of nitrogens with zero attached hydrogens (tertiary/aromatic N) is 3. The number of fused-ring (bicyclic) bond motifs is 2. The van der Waals surface area contributed by atoms with Crippen LogP contribution in [0, 0.1) is 11.8 Å². The highest BCUT2D eigenvalue weighted by molar-refractivity contribution is 8.02. The molecule has 4 aliphatic heterocycles. The molecule has 2 saturated heterocycles.